The van der Waals surface area contributed by atoms with Crippen molar-refractivity contribution in [1.29, 1.82) is 0 Å². The number of halogens is 3. The minimum atomic E-state index is -0.969. The summed E-state index contributed by atoms with van der Waals surface area (Å²) in [6.07, 6.45) is 1.80. The van der Waals surface area contributed by atoms with Crippen LogP contribution in [-0.4, -0.2) is 22.2 Å². The molecule has 0 spiro atoms. The zero-order valence-electron chi connectivity index (χ0n) is 19.1. The third kappa shape index (κ3) is 6.29. The van der Waals surface area contributed by atoms with Crippen molar-refractivity contribution < 1.29 is 19.4 Å². The van der Waals surface area contributed by atoms with Gasteiger partial charge in [0.2, 0.25) is 0 Å². The van der Waals surface area contributed by atoms with Crippen LogP contribution in [0, 0.1) is 13.8 Å². The van der Waals surface area contributed by atoms with Crippen LogP contribution in [0.2, 0.25) is 0 Å². The van der Waals surface area contributed by atoms with Crippen molar-refractivity contribution in [3.05, 3.63) is 94.7 Å². The number of aliphatic imine (C=N–C) groups is 1. The maximum atomic E-state index is 12.6. The van der Waals surface area contributed by atoms with Crippen molar-refractivity contribution in [2.75, 3.05) is 0 Å². The summed E-state index contributed by atoms with van der Waals surface area (Å²) in [6, 6.07) is 14.2. The Morgan fingerprint density at radius 1 is 1.06 bits per heavy atom. The molecule has 0 radical (unpaired) electrons. The normalized spacial score (nSPS) is 15.4. The molecule has 1 amide bonds. The van der Waals surface area contributed by atoms with Crippen molar-refractivity contribution in [3.63, 3.8) is 0 Å². The van der Waals surface area contributed by atoms with Gasteiger partial charge in [0.1, 0.15) is 12.4 Å². The number of benzene rings is 3. The van der Waals surface area contributed by atoms with Crippen molar-refractivity contribution in [2.45, 2.75) is 20.5 Å². The van der Waals surface area contributed by atoms with E-state index in [0.717, 1.165) is 32.4 Å². The zero-order valence-corrected chi connectivity index (χ0v) is 24.6. The van der Waals surface area contributed by atoms with Gasteiger partial charge in [-0.3, -0.25) is 4.79 Å². The van der Waals surface area contributed by atoms with E-state index in [9.17, 15) is 9.59 Å². The molecule has 1 fully saturated rings. The first kappa shape index (κ1) is 26.7. The first-order valence-corrected chi connectivity index (χ1v) is 13.8. The van der Waals surface area contributed by atoms with Gasteiger partial charge in [0, 0.05) is 4.47 Å². The Morgan fingerprint density at radius 3 is 2.25 bits per heavy atom. The fourth-order valence-corrected chi connectivity index (χ4v) is 5.96. The van der Waals surface area contributed by atoms with Crippen LogP contribution in [0.1, 0.15) is 32.6 Å². The van der Waals surface area contributed by atoms with E-state index in [2.05, 4.69) is 58.1 Å². The van der Waals surface area contributed by atoms with Crippen molar-refractivity contribution in [1.82, 2.24) is 5.32 Å². The van der Waals surface area contributed by atoms with Crippen LogP contribution in [0.25, 0.3) is 6.08 Å². The Kier molecular flexibility index (Phi) is 8.39. The fourth-order valence-electron chi connectivity index (χ4n) is 3.44. The maximum Gasteiger partial charge on any atom is 0.335 e. The fraction of sp³-hybridized carbons (Fsp3) is 0.115. The third-order valence-electron chi connectivity index (χ3n) is 5.21. The lowest BCUT2D eigenvalue weighted by molar-refractivity contribution is -0.115. The number of hydrogen-bond donors (Lipinski definition) is 2. The number of ether oxygens (including phenoxy) is 1. The number of carboxylic acid groups (broad SMARTS) is 1. The molecule has 3 aromatic rings. The van der Waals surface area contributed by atoms with Crippen LogP contribution >= 0.6 is 59.6 Å². The number of nitrogens with zero attached hydrogens (tertiary/aromatic N) is 1. The van der Waals surface area contributed by atoms with E-state index in [1.54, 1.807) is 30.3 Å². The van der Waals surface area contributed by atoms with Gasteiger partial charge in [-0.05, 0) is 122 Å². The Balaban J connectivity index is 1.49. The summed E-state index contributed by atoms with van der Waals surface area (Å²) in [5, 5.41) is 12.4. The number of carbonyl (C=O) groups excluding carboxylic acids is 1. The zero-order chi connectivity index (χ0) is 26.0. The smallest absolute Gasteiger partial charge is 0.335 e. The highest BCUT2D eigenvalue weighted by Gasteiger charge is 2.24. The minimum absolute atomic E-state index is 0.207. The number of aromatic carboxylic acids is 1. The average Bonchev–Trinajstić information content (AvgIpc) is 3.15. The predicted octanol–water partition coefficient (Wildman–Crippen LogP) is 7.76. The summed E-state index contributed by atoms with van der Waals surface area (Å²) in [5.41, 5.74) is 4.81. The summed E-state index contributed by atoms with van der Waals surface area (Å²) in [5.74, 6) is -0.573. The first-order chi connectivity index (χ1) is 17.1. The number of amidine groups is 1. The van der Waals surface area contributed by atoms with Gasteiger partial charge in [-0.1, -0.05) is 28.1 Å². The molecular weight excluding hydrogens is 676 g/mol. The molecule has 184 valence electrons. The van der Waals surface area contributed by atoms with Crippen LogP contribution in [0.4, 0.5) is 5.69 Å². The van der Waals surface area contributed by atoms with E-state index in [1.165, 1.54) is 11.8 Å². The summed E-state index contributed by atoms with van der Waals surface area (Å²) in [4.78, 5) is 28.7. The molecular formula is C26H19Br3N2O4S. The SMILES string of the molecule is Cc1cc(N=C2NC(=O)/C(=C/c3cc(Br)c(OCc4ccc(C(=O)O)cc4)c(Br)c3)S2)cc(C)c1Br. The summed E-state index contributed by atoms with van der Waals surface area (Å²) in [7, 11) is 0. The number of carboxylic acids is 1. The van der Waals surface area contributed by atoms with Crippen molar-refractivity contribution >= 4 is 88.4 Å². The number of hydrogen-bond acceptors (Lipinski definition) is 5. The van der Waals surface area contributed by atoms with E-state index in [-0.39, 0.29) is 18.1 Å². The van der Waals surface area contributed by atoms with Crippen LogP contribution in [0.15, 0.2) is 71.8 Å². The third-order valence-corrected chi connectivity index (χ3v) is 8.54. The highest BCUT2D eigenvalue weighted by molar-refractivity contribution is 9.11. The quantitative estimate of drug-likeness (QED) is 0.258. The second kappa shape index (κ2) is 11.3. The van der Waals surface area contributed by atoms with E-state index in [1.807, 2.05) is 38.1 Å². The minimum Gasteiger partial charge on any atom is -0.487 e. The molecule has 0 bridgehead atoms. The standard InChI is InChI=1S/C26H19Br3N2O4S/c1-13-7-18(8-14(2)22(13)29)30-26-31-24(32)21(36-26)11-16-9-19(27)23(20(28)10-16)35-12-15-3-5-17(6-4-15)25(33)34/h3-11H,12H2,1-2H3,(H,33,34)(H,30,31,32)/b21-11-. The molecule has 0 aromatic heterocycles. The average molecular weight is 695 g/mol. The number of carbonyl (C=O) groups is 2. The van der Waals surface area contributed by atoms with Crippen molar-refractivity contribution in [3.8, 4) is 5.75 Å². The summed E-state index contributed by atoms with van der Waals surface area (Å²) >= 11 is 11.9. The van der Waals surface area contributed by atoms with Gasteiger partial charge in [-0.15, -0.1) is 0 Å². The number of amides is 1. The monoisotopic (exact) mass is 692 g/mol. The Hall–Kier alpha value is -2.40. The van der Waals surface area contributed by atoms with Crippen molar-refractivity contribution in [2.24, 2.45) is 4.99 Å². The lowest BCUT2D eigenvalue weighted by atomic mass is 10.1. The van der Waals surface area contributed by atoms with Gasteiger partial charge in [-0.2, -0.15) is 0 Å². The summed E-state index contributed by atoms with van der Waals surface area (Å²) in [6.45, 7) is 4.28. The molecule has 36 heavy (non-hydrogen) atoms. The van der Waals surface area contributed by atoms with E-state index in [4.69, 9.17) is 9.84 Å². The highest BCUT2D eigenvalue weighted by Crippen LogP contribution is 2.37. The molecule has 1 aliphatic rings. The van der Waals surface area contributed by atoms with Gasteiger partial charge in [-0.25, -0.2) is 9.79 Å². The molecule has 0 saturated carbocycles. The molecule has 2 N–H and O–H groups in total. The Labute approximate surface area is 237 Å². The van der Waals surface area contributed by atoms with Crippen LogP contribution < -0.4 is 10.1 Å². The van der Waals surface area contributed by atoms with E-state index in [0.29, 0.717) is 24.8 Å². The Bertz CT molecular complexity index is 1390. The van der Waals surface area contributed by atoms with E-state index < -0.39 is 5.97 Å². The topological polar surface area (TPSA) is 88.0 Å². The largest absolute Gasteiger partial charge is 0.487 e. The molecule has 0 unspecified atom stereocenters. The lowest BCUT2D eigenvalue weighted by Crippen LogP contribution is -2.19. The van der Waals surface area contributed by atoms with Gasteiger partial charge in [0.25, 0.3) is 5.91 Å². The molecule has 1 saturated heterocycles. The van der Waals surface area contributed by atoms with Crippen LogP contribution in [0.3, 0.4) is 0 Å². The van der Waals surface area contributed by atoms with Gasteiger partial charge in [0.05, 0.1) is 25.1 Å². The molecule has 10 heteroatoms. The second-order valence-electron chi connectivity index (χ2n) is 7.98. The molecule has 1 aliphatic heterocycles. The molecule has 1 heterocycles. The molecule has 6 nitrogen and oxygen atoms in total. The molecule has 3 aromatic carbocycles. The molecule has 0 atom stereocenters. The van der Waals surface area contributed by atoms with E-state index >= 15 is 0 Å². The highest BCUT2D eigenvalue weighted by atomic mass is 79.9. The van der Waals surface area contributed by atoms with Gasteiger partial charge < -0.3 is 15.2 Å². The molecule has 4 rings (SSSR count). The number of nitrogens with one attached hydrogen (secondary N) is 1. The lowest BCUT2D eigenvalue weighted by Gasteiger charge is -2.12. The first-order valence-electron chi connectivity index (χ1n) is 10.6. The molecule has 0 aliphatic carbocycles. The maximum absolute atomic E-state index is 12.6. The Morgan fingerprint density at radius 2 is 1.67 bits per heavy atom. The van der Waals surface area contributed by atoms with Gasteiger partial charge >= 0.3 is 5.97 Å². The van der Waals surface area contributed by atoms with Gasteiger partial charge in [0.15, 0.2) is 5.17 Å². The number of aryl methyl sites for hydroxylation is 2. The second-order valence-corrected chi connectivity index (χ2v) is 11.5. The summed E-state index contributed by atoms with van der Waals surface area (Å²) < 4.78 is 8.42. The van der Waals surface area contributed by atoms with Crippen LogP contribution in [0.5, 0.6) is 5.75 Å². The number of thioether (sulfide) groups is 1. The number of rotatable bonds is 6. The van der Waals surface area contributed by atoms with Crippen LogP contribution in [-0.2, 0) is 11.4 Å². The predicted molar refractivity (Wildman–Crippen MR) is 154 cm³/mol.